The molecule has 3 rings (SSSR count). The molecule has 2 N–H and O–H groups in total. The van der Waals surface area contributed by atoms with E-state index in [4.69, 9.17) is 5.73 Å². The summed E-state index contributed by atoms with van der Waals surface area (Å²) in [6.07, 6.45) is 0. The van der Waals surface area contributed by atoms with E-state index in [1.807, 2.05) is 18.2 Å². The number of para-hydroxylation sites is 1. The van der Waals surface area contributed by atoms with Crippen LogP contribution < -0.4 is 5.73 Å². The molecule has 100 valence electrons. The van der Waals surface area contributed by atoms with Crippen LogP contribution in [-0.2, 0) is 0 Å². The van der Waals surface area contributed by atoms with E-state index in [1.54, 1.807) is 11.4 Å². The molecule has 2 aromatic carbocycles. The van der Waals surface area contributed by atoms with Crippen molar-refractivity contribution in [1.82, 2.24) is 4.98 Å². The number of halogens is 2. The molecule has 0 unspecified atom stereocenters. The van der Waals surface area contributed by atoms with Gasteiger partial charge in [-0.1, -0.05) is 24.3 Å². The van der Waals surface area contributed by atoms with Crippen LogP contribution in [0.2, 0.25) is 0 Å². The topological polar surface area (TPSA) is 38.9 Å². The van der Waals surface area contributed by atoms with Gasteiger partial charge < -0.3 is 5.73 Å². The molecule has 0 aliphatic heterocycles. The quantitative estimate of drug-likeness (QED) is 0.712. The second kappa shape index (κ2) is 5.02. The van der Waals surface area contributed by atoms with Gasteiger partial charge in [0.05, 0.1) is 11.3 Å². The fraction of sp³-hybridized carbons (Fsp3) is 0. The molecule has 20 heavy (non-hydrogen) atoms. The molecule has 3 aromatic rings. The number of hydrogen-bond donors (Lipinski definition) is 1. The Hall–Kier alpha value is -2.27. The summed E-state index contributed by atoms with van der Waals surface area (Å²) in [5.41, 5.74) is 7.73. The molecule has 0 aliphatic carbocycles. The highest BCUT2D eigenvalue weighted by atomic mass is 32.1. The lowest BCUT2D eigenvalue weighted by atomic mass is 10.1. The normalized spacial score (nSPS) is 10.7. The van der Waals surface area contributed by atoms with Gasteiger partial charge in [-0.05, 0) is 18.2 Å². The molecule has 0 saturated carbocycles. The highest BCUT2D eigenvalue weighted by Crippen LogP contribution is 2.33. The second-order valence-corrected chi connectivity index (χ2v) is 5.08. The number of thiazole rings is 1. The van der Waals surface area contributed by atoms with E-state index in [0.29, 0.717) is 16.4 Å². The van der Waals surface area contributed by atoms with Crippen molar-refractivity contribution in [3.8, 4) is 21.8 Å². The Morgan fingerprint density at radius 3 is 2.35 bits per heavy atom. The fourth-order valence-electron chi connectivity index (χ4n) is 1.94. The van der Waals surface area contributed by atoms with Gasteiger partial charge in [-0.25, -0.2) is 13.8 Å². The molecule has 0 bridgehead atoms. The Labute approximate surface area is 118 Å². The van der Waals surface area contributed by atoms with Crippen LogP contribution in [0.15, 0.2) is 47.8 Å². The maximum atomic E-state index is 13.7. The minimum atomic E-state index is -0.619. The minimum absolute atomic E-state index is 0.0988. The lowest BCUT2D eigenvalue weighted by Crippen LogP contribution is -1.91. The van der Waals surface area contributed by atoms with Gasteiger partial charge in [0.2, 0.25) is 0 Å². The molecule has 1 heterocycles. The van der Waals surface area contributed by atoms with Crippen LogP contribution in [0.5, 0.6) is 0 Å². The Balaban J connectivity index is 2.10. The summed E-state index contributed by atoms with van der Waals surface area (Å²) in [5, 5.41) is 2.05. The Morgan fingerprint density at radius 2 is 1.65 bits per heavy atom. The van der Waals surface area contributed by atoms with Crippen molar-refractivity contribution in [2.75, 3.05) is 5.73 Å². The van der Waals surface area contributed by atoms with E-state index in [-0.39, 0.29) is 5.56 Å². The first kappa shape index (κ1) is 12.7. The first-order valence-corrected chi connectivity index (χ1v) is 6.79. The van der Waals surface area contributed by atoms with Gasteiger partial charge in [-0.3, -0.25) is 0 Å². The van der Waals surface area contributed by atoms with Crippen molar-refractivity contribution in [1.29, 1.82) is 0 Å². The van der Waals surface area contributed by atoms with Gasteiger partial charge in [0, 0.05) is 16.6 Å². The molecule has 2 nitrogen and oxygen atoms in total. The van der Waals surface area contributed by atoms with Crippen LogP contribution in [0.3, 0.4) is 0 Å². The first-order valence-electron chi connectivity index (χ1n) is 5.91. The highest BCUT2D eigenvalue weighted by Gasteiger charge is 2.15. The monoisotopic (exact) mass is 288 g/mol. The van der Waals surface area contributed by atoms with Crippen molar-refractivity contribution in [2.24, 2.45) is 0 Å². The fourth-order valence-corrected chi connectivity index (χ4v) is 2.81. The van der Waals surface area contributed by atoms with Crippen LogP contribution >= 0.6 is 11.3 Å². The van der Waals surface area contributed by atoms with Crippen LogP contribution in [0.25, 0.3) is 21.8 Å². The van der Waals surface area contributed by atoms with Gasteiger partial charge in [0.15, 0.2) is 0 Å². The number of hydrogen-bond acceptors (Lipinski definition) is 3. The maximum absolute atomic E-state index is 13.7. The van der Waals surface area contributed by atoms with Gasteiger partial charge in [-0.2, -0.15) is 0 Å². The third-order valence-electron chi connectivity index (χ3n) is 2.92. The molecule has 0 radical (unpaired) electrons. The van der Waals surface area contributed by atoms with Crippen molar-refractivity contribution in [3.05, 3.63) is 59.5 Å². The molecule has 0 spiro atoms. The molecule has 0 amide bonds. The van der Waals surface area contributed by atoms with E-state index in [0.717, 1.165) is 5.56 Å². The second-order valence-electron chi connectivity index (χ2n) is 4.22. The van der Waals surface area contributed by atoms with Crippen LogP contribution in [0.4, 0.5) is 14.5 Å². The van der Waals surface area contributed by atoms with E-state index in [9.17, 15) is 8.78 Å². The van der Waals surface area contributed by atoms with E-state index < -0.39 is 11.6 Å². The molecule has 0 saturated heterocycles. The molecule has 0 aliphatic rings. The molecule has 5 heteroatoms. The summed E-state index contributed by atoms with van der Waals surface area (Å²) in [4.78, 5) is 4.29. The average Bonchev–Trinajstić information content (AvgIpc) is 2.88. The first-order chi connectivity index (χ1) is 9.66. The summed E-state index contributed by atoms with van der Waals surface area (Å²) in [6.45, 7) is 0. The van der Waals surface area contributed by atoms with E-state index in [1.165, 1.54) is 29.5 Å². The summed E-state index contributed by atoms with van der Waals surface area (Å²) >= 11 is 1.19. The van der Waals surface area contributed by atoms with Crippen molar-refractivity contribution < 1.29 is 8.78 Å². The standard InChI is InChI=1S/C15H10F2N2S/c16-10-5-3-6-11(17)14(10)15-19-13(8-20-15)9-4-1-2-7-12(9)18/h1-8H,18H2. The zero-order valence-electron chi connectivity index (χ0n) is 10.3. The van der Waals surface area contributed by atoms with E-state index >= 15 is 0 Å². The summed E-state index contributed by atoms with van der Waals surface area (Å²) < 4.78 is 27.5. The average molecular weight is 288 g/mol. The van der Waals surface area contributed by atoms with Crippen LogP contribution in [0, 0.1) is 11.6 Å². The molecule has 0 fully saturated rings. The SMILES string of the molecule is Nc1ccccc1-c1csc(-c2c(F)cccc2F)n1. The van der Waals surface area contributed by atoms with Gasteiger partial charge in [0.25, 0.3) is 0 Å². The van der Waals surface area contributed by atoms with Crippen molar-refractivity contribution >= 4 is 17.0 Å². The van der Waals surface area contributed by atoms with Crippen molar-refractivity contribution in [2.45, 2.75) is 0 Å². The minimum Gasteiger partial charge on any atom is -0.398 e. The zero-order valence-corrected chi connectivity index (χ0v) is 11.1. The molecule has 0 atom stereocenters. The van der Waals surface area contributed by atoms with Crippen LogP contribution in [0.1, 0.15) is 0 Å². The number of nitrogens with two attached hydrogens (primary N) is 1. The van der Waals surface area contributed by atoms with Gasteiger partial charge >= 0.3 is 0 Å². The lowest BCUT2D eigenvalue weighted by molar-refractivity contribution is 0.589. The Morgan fingerprint density at radius 1 is 0.950 bits per heavy atom. The zero-order chi connectivity index (χ0) is 14.1. The maximum Gasteiger partial charge on any atom is 0.136 e. The molecular formula is C15H10F2N2S. The summed E-state index contributed by atoms with van der Waals surface area (Å²) in [5.74, 6) is -1.24. The Bertz CT molecular complexity index is 748. The predicted molar refractivity (Wildman–Crippen MR) is 77.3 cm³/mol. The highest BCUT2D eigenvalue weighted by molar-refractivity contribution is 7.13. The number of anilines is 1. The third-order valence-corrected chi connectivity index (χ3v) is 3.78. The smallest absolute Gasteiger partial charge is 0.136 e. The molecule has 1 aromatic heterocycles. The van der Waals surface area contributed by atoms with Gasteiger partial charge in [0.1, 0.15) is 16.6 Å². The Kier molecular flexibility index (Phi) is 3.20. The van der Waals surface area contributed by atoms with Gasteiger partial charge in [-0.15, -0.1) is 11.3 Å². The van der Waals surface area contributed by atoms with Crippen LogP contribution in [-0.4, -0.2) is 4.98 Å². The number of rotatable bonds is 2. The summed E-state index contributed by atoms with van der Waals surface area (Å²) in [6, 6.07) is 11.0. The third kappa shape index (κ3) is 2.16. The number of nitrogen functional groups attached to an aromatic ring is 1. The van der Waals surface area contributed by atoms with E-state index in [2.05, 4.69) is 4.98 Å². The molecular weight excluding hydrogens is 278 g/mol. The number of aromatic nitrogens is 1. The summed E-state index contributed by atoms with van der Waals surface area (Å²) in [7, 11) is 0. The number of benzene rings is 2. The number of nitrogens with zero attached hydrogens (tertiary/aromatic N) is 1. The van der Waals surface area contributed by atoms with Crippen molar-refractivity contribution in [3.63, 3.8) is 0 Å². The lowest BCUT2D eigenvalue weighted by Gasteiger charge is -2.02. The largest absolute Gasteiger partial charge is 0.398 e. The predicted octanol–water partition coefficient (Wildman–Crippen LogP) is 4.34.